The van der Waals surface area contributed by atoms with Gasteiger partial charge in [0.15, 0.2) is 0 Å². The molecule has 0 amide bonds. The molecular formula is C26H39N7O2. The van der Waals surface area contributed by atoms with E-state index in [1.165, 1.54) is 11.4 Å². The van der Waals surface area contributed by atoms with Gasteiger partial charge in [0.2, 0.25) is 0 Å². The van der Waals surface area contributed by atoms with Crippen LogP contribution in [0.4, 0.5) is 11.5 Å². The van der Waals surface area contributed by atoms with Crippen molar-refractivity contribution >= 4 is 11.5 Å². The van der Waals surface area contributed by atoms with E-state index < -0.39 is 0 Å². The van der Waals surface area contributed by atoms with Gasteiger partial charge in [-0.05, 0) is 32.9 Å². The molecule has 2 aromatic heterocycles. The molecule has 190 valence electrons. The summed E-state index contributed by atoms with van der Waals surface area (Å²) in [5, 5.41) is 12.2. The largest absolute Gasteiger partial charge is 0.487 e. The third-order valence-corrected chi connectivity index (χ3v) is 4.98. The van der Waals surface area contributed by atoms with Gasteiger partial charge in [-0.3, -0.25) is 0 Å². The Hall–Kier alpha value is -3.72. The minimum Gasteiger partial charge on any atom is -0.487 e. The maximum Gasteiger partial charge on any atom is 0.149 e. The number of nitrogens with two attached hydrogens (primary N) is 2. The van der Waals surface area contributed by atoms with Crippen molar-refractivity contribution in [1.82, 2.24) is 15.1 Å². The molecule has 0 aliphatic carbocycles. The summed E-state index contributed by atoms with van der Waals surface area (Å²) in [6.45, 7) is 11.5. The van der Waals surface area contributed by atoms with Gasteiger partial charge in [-0.25, -0.2) is 10.8 Å². The van der Waals surface area contributed by atoms with Crippen molar-refractivity contribution < 1.29 is 9.26 Å². The highest BCUT2D eigenvalue weighted by molar-refractivity contribution is 5.75. The number of hydrogen-bond donors (Lipinski definition) is 4. The number of benzene rings is 1. The van der Waals surface area contributed by atoms with Gasteiger partial charge in [0.05, 0.1) is 17.1 Å². The van der Waals surface area contributed by atoms with Crippen LogP contribution >= 0.6 is 0 Å². The van der Waals surface area contributed by atoms with Crippen LogP contribution in [0.1, 0.15) is 44.2 Å². The van der Waals surface area contributed by atoms with E-state index in [1.807, 2.05) is 64.3 Å². The highest BCUT2D eigenvalue weighted by Gasteiger charge is 2.14. The Morgan fingerprint density at radius 2 is 1.91 bits per heavy atom. The second-order valence-corrected chi connectivity index (χ2v) is 8.06. The fourth-order valence-electron chi connectivity index (χ4n) is 3.31. The SMILES string of the molecule is CCC.CCN(N)/C=C(\N)COc1ccccc1CNc1cc(-c2c(C)noc2C)cnc1NC. The maximum absolute atomic E-state index is 6.01. The Morgan fingerprint density at radius 1 is 1.20 bits per heavy atom. The molecule has 1 aromatic carbocycles. The number of ether oxygens (including phenoxy) is 1. The Bertz CT molecular complexity index is 1080. The highest BCUT2D eigenvalue weighted by Crippen LogP contribution is 2.31. The smallest absolute Gasteiger partial charge is 0.149 e. The first-order valence-electron chi connectivity index (χ1n) is 11.9. The molecule has 0 aliphatic heterocycles. The Balaban J connectivity index is 0.00000137. The lowest BCUT2D eigenvalue weighted by Gasteiger charge is -2.16. The number of rotatable bonds is 10. The first-order valence-corrected chi connectivity index (χ1v) is 11.9. The van der Waals surface area contributed by atoms with Crippen LogP contribution in [0.3, 0.4) is 0 Å². The highest BCUT2D eigenvalue weighted by atomic mass is 16.5. The molecule has 0 aliphatic rings. The van der Waals surface area contributed by atoms with E-state index in [2.05, 4.69) is 34.6 Å². The molecule has 0 saturated carbocycles. The van der Waals surface area contributed by atoms with Gasteiger partial charge in [-0.2, -0.15) is 0 Å². The molecule has 0 spiro atoms. The van der Waals surface area contributed by atoms with Gasteiger partial charge < -0.3 is 30.6 Å². The number of para-hydroxylation sites is 1. The maximum atomic E-state index is 6.01. The zero-order valence-electron chi connectivity index (χ0n) is 21.7. The van der Waals surface area contributed by atoms with Crippen LogP contribution in [0, 0.1) is 13.8 Å². The predicted molar refractivity (Wildman–Crippen MR) is 143 cm³/mol. The number of nitrogens with zero attached hydrogens (tertiary/aromatic N) is 3. The van der Waals surface area contributed by atoms with E-state index in [0.29, 0.717) is 18.8 Å². The summed E-state index contributed by atoms with van der Waals surface area (Å²) < 4.78 is 11.2. The van der Waals surface area contributed by atoms with Crippen LogP contribution in [0.15, 0.2) is 52.9 Å². The summed E-state index contributed by atoms with van der Waals surface area (Å²) in [6, 6.07) is 9.87. The second kappa shape index (κ2) is 13.9. The first kappa shape index (κ1) is 27.5. The monoisotopic (exact) mass is 481 g/mol. The molecule has 3 aromatic rings. The average molecular weight is 482 g/mol. The molecule has 6 N–H and O–H groups in total. The van der Waals surface area contributed by atoms with Gasteiger partial charge >= 0.3 is 0 Å². The topological polar surface area (TPSA) is 127 Å². The van der Waals surface area contributed by atoms with Crippen LogP contribution in [0.2, 0.25) is 0 Å². The molecule has 0 saturated heterocycles. The van der Waals surface area contributed by atoms with E-state index in [4.69, 9.17) is 20.8 Å². The Kier molecular flexibility index (Phi) is 10.9. The molecule has 9 heteroatoms. The number of aryl methyl sites for hydroxylation is 2. The fourth-order valence-corrected chi connectivity index (χ4v) is 3.31. The number of anilines is 2. The van der Waals surface area contributed by atoms with Crippen molar-refractivity contribution in [2.75, 3.05) is 30.8 Å². The predicted octanol–water partition coefficient (Wildman–Crippen LogP) is 4.80. The summed E-state index contributed by atoms with van der Waals surface area (Å²) >= 11 is 0. The van der Waals surface area contributed by atoms with Crippen molar-refractivity contribution in [2.24, 2.45) is 11.6 Å². The lowest BCUT2D eigenvalue weighted by molar-refractivity contribution is 0.337. The average Bonchev–Trinajstić information content (AvgIpc) is 3.19. The molecule has 3 rings (SSSR count). The van der Waals surface area contributed by atoms with Crippen molar-refractivity contribution in [3.05, 3.63) is 65.4 Å². The number of nitrogens with one attached hydrogen (secondary N) is 2. The lowest BCUT2D eigenvalue weighted by Crippen LogP contribution is -2.27. The number of aromatic nitrogens is 2. The quantitative estimate of drug-likeness (QED) is 0.238. The summed E-state index contributed by atoms with van der Waals surface area (Å²) in [5.74, 6) is 8.02. The van der Waals surface area contributed by atoms with Gasteiger partial charge in [0.1, 0.15) is 23.9 Å². The van der Waals surface area contributed by atoms with E-state index in [9.17, 15) is 0 Å². The summed E-state index contributed by atoms with van der Waals surface area (Å²) in [5.41, 5.74) is 11.1. The number of hydrogen-bond acceptors (Lipinski definition) is 9. The number of pyridine rings is 1. The molecule has 2 heterocycles. The van der Waals surface area contributed by atoms with Crippen LogP contribution in [0.25, 0.3) is 11.1 Å². The molecule has 0 fully saturated rings. The zero-order chi connectivity index (χ0) is 25.8. The molecule has 9 nitrogen and oxygen atoms in total. The van der Waals surface area contributed by atoms with E-state index in [0.717, 1.165) is 45.4 Å². The van der Waals surface area contributed by atoms with E-state index in [-0.39, 0.29) is 6.61 Å². The second-order valence-electron chi connectivity index (χ2n) is 8.06. The van der Waals surface area contributed by atoms with Gasteiger partial charge in [-0.15, -0.1) is 0 Å². The molecule has 35 heavy (non-hydrogen) atoms. The third-order valence-electron chi connectivity index (χ3n) is 4.98. The Morgan fingerprint density at radius 3 is 2.54 bits per heavy atom. The van der Waals surface area contributed by atoms with Gasteiger partial charge in [0, 0.05) is 49.2 Å². The van der Waals surface area contributed by atoms with Crippen molar-refractivity contribution in [3.63, 3.8) is 0 Å². The normalized spacial score (nSPS) is 10.9. The molecular weight excluding hydrogens is 442 g/mol. The minimum absolute atomic E-state index is 0.246. The van der Waals surface area contributed by atoms with Crippen LogP contribution in [-0.4, -0.2) is 35.3 Å². The third kappa shape index (κ3) is 7.92. The molecule has 0 radical (unpaired) electrons. The Labute approximate surface area is 208 Å². The molecule has 0 bridgehead atoms. The molecule has 0 atom stereocenters. The van der Waals surface area contributed by atoms with Crippen molar-refractivity contribution in [3.8, 4) is 16.9 Å². The lowest BCUT2D eigenvalue weighted by atomic mass is 10.1. The summed E-state index contributed by atoms with van der Waals surface area (Å²) in [4.78, 5) is 4.55. The van der Waals surface area contributed by atoms with Gasteiger partial charge in [-0.1, -0.05) is 43.6 Å². The molecule has 0 unspecified atom stereocenters. The van der Waals surface area contributed by atoms with Crippen molar-refractivity contribution in [2.45, 2.75) is 47.6 Å². The van der Waals surface area contributed by atoms with Crippen LogP contribution < -0.4 is 26.9 Å². The van der Waals surface area contributed by atoms with Crippen LogP contribution in [-0.2, 0) is 6.54 Å². The zero-order valence-corrected chi connectivity index (χ0v) is 21.7. The summed E-state index contributed by atoms with van der Waals surface area (Å²) in [6.07, 6.45) is 4.73. The van der Waals surface area contributed by atoms with Gasteiger partial charge in [0.25, 0.3) is 0 Å². The minimum atomic E-state index is 0.246. The summed E-state index contributed by atoms with van der Waals surface area (Å²) in [7, 11) is 1.84. The van der Waals surface area contributed by atoms with Crippen molar-refractivity contribution in [1.29, 1.82) is 0 Å². The van der Waals surface area contributed by atoms with Crippen LogP contribution in [0.5, 0.6) is 5.75 Å². The standard InChI is InChI=1S/C23H31N7O2.C3H8/c1-5-30(25)13-19(24)14-31-21-9-7-6-8-17(21)11-27-20-10-18(12-28-23(20)26-4)22-15(2)29-32-16(22)3;1-3-2/h6-10,12-13,27H,5,11,14,24-25H2,1-4H3,(H,26,28);3H2,1-2H3/b19-13-;. The van der Waals surface area contributed by atoms with E-state index >= 15 is 0 Å². The fraction of sp³-hybridized carbons (Fsp3) is 0.385. The first-order chi connectivity index (χ1) is 16.8. The number of hydrazine groups is 1. The van der Waals surface area contributed by atoms with E-state index in [1.54, 1.807) is 6.20 Å².